The minimum atomic E-state index is -0.631. The largest absolute Gasteiger partial charge is 0.348 e. The highest BCUT2D eigenvalue weighted by molar-refractivity contribution is 6.04. The van der Waals surface area contributed by atoms with Crippen LogP contribution in [0.1, 0.15) is 113 Å². The second kappa shape index (κ2) is 9.28. The minimum Gasteiger partial charge on any atom is -0.348 e. The van der Waals surface area contributed by atoms with E-state index in [1.54, 1.807) is 4.90 Å². The molecule has 0 spiro atoms. The third-order valence-corrected chi connectivity index (χ3v) is 12.9. The summed E-state index contributed by atoms with van der Waals surface area (Å²) in [4.78, 5) is 42.9. The molecule has 7 atom stereocenters. The number of ketones is 2. The van der Waals surface area contributed by atoms with Gasteiger partial charge in [0.15, 0.2) is 5.78 Å². The standard InChI is InChI=1S/C34H52N2O3/c1-29(2)13-11-23-24(37)19-26-32(6)20-22(21-35)27(38)30(3,4)25(32)12-14-34(26,8)33(23,7)18-17-31(5,16-15-29)28(39)36(9)10/h20,23,25-26H,11-19H2,1-10H3/t23?,25-,26+,31-,32-,33+,34+/m0/s1. The van der Waals surface area contributed by atoms with Crippen LogP contribution in [0.2, 0.25) is 0 Å². The number of hydrogen-bond donors (Lipinski definition) is 0. The zero-order valence-electron chi connectivity index (χ0n) is 26.3. The summed E-state index contributed by atoms with van der Waals surface area (Å²) in [6.07, 6.45) is 9.67. The lowest BCUT2D eigenvalue weighted by Crippen LogP contribution is -2.65. The highest BCUT2D eigenvalue weighted by Gasteiger charge is 2.68. The molecule has 0 heterocycles. The van der Waals surface area contributed by atoms with Crippen molar-refractivity contribution in [3.63, 3.8) is 0 Å². The molecule has 0 aliphatic heterocycles. The Morgan fingerprint density at radius 2 is 1.46 bits per heavy atom. The van der Waals surface area contributed by atoms with Crippen molar-refractivity contribution in [1.82, 2.24) is 4.90 Å². The quantitative estimate of drug-likeness (QED) is 0.356. The van der Waals surface area contributed by atoms with E-state index >= 15 is 0 Å². The van der Waals surface area contributed by atoms with E-state index in [9.17, 15) is 19.6 Å². The second-order valence-electron chi connectivity index (χ2n) is 16.3. The maximum atomic E-state index is 14.3. The maximum Gasteiger partial charge on any atom is 0.227 e. The van der Waals surface area contributed by atoms with Crippen LogP contribution in [-0.2, 0) is 14.4 Å². The molecule has 0 N–H and O–H groups in total. The van der Waals surface area contributed by atoms with E-state index in [1.807, 2.05) is 34.0 Å². The van der Waals surface area contributed by atoms with Crippen LogP contribution in [0.5, 0.6) is 0 Å². The molecule has 3 fully saturated rings. The number of carbonyl (C=O) groups excluding carboxylic acids is 3. The van der Waals surface area contributed by atoms with Gasteiger partial charge in [-0.25, -0.2) is 0 Å². The molecule has 39 heavy (non-hydrogen) atoms. The van der Waals surface area contributed by atoms with Crippen LogP contribution in [0, 0.1) is 61.6 Å². The van der Waals surface area contributed by atoms with Crippen molar-refractivity contribution in [3.05, 3.63) is 11.6 Å². The summed E-state index contributed by atoms with van der Waals surface area (Å²) < 4.78 is 0. The highest BCUT2D eigenvalue weighted by Crippen LogP contribution is 2.72. The van der Waals surface area contributed by atoms with Crippen molar-refractivity contribution >= 4 is 17.5 Å². The predicted octanol–water partition coefficient (Wildman–Crippen LogP) is 7.15. The molecular formula is C34H52N2O3. The van der Waals surface area contributed by atoms with Crippen LogP contribution in [0.15, 0.2) is 11.6 Å². The number of carbonyl (C=O) groups is 3. The van der Waals surface area contributed by atoms with Crippen molar-refractivity contribution in [2.45, 2.75) is 113 Å². The zero-order valence-corrected chi connectivity index (χ0v) is 26.3. The first-order valence-electron chi connectivity index (χ1n) is 15.2. The van der Waals surface area contributed by atoms with Crippen LogP contribution >= 0.6 is 0 Å². The molecule has 3 saturated carbocycles. The first kappa shape index (κ1) is 30.0. The van der Waals surface area contributed by atoms with Gasteiger partial charge >= 0.3 is 0 Å². The van der Waals surface area contributed by atoms with Crippen molar-refractivity contribution < 1.29 is 14.4 Å². The Balaban J connectivity index is 1.86. The molecule has 5 nitrogen and oxygen atoms in total. The number of hydrogen-bond acceptors (Lipinski definition) is 4. The molecule has 0 aromatic heterocycles. The summed E-state index contributed by atoms with van der Waals surface area (Å²) in [5, 5.41) is 9.94. The minimum absolute atomic E-state index is 0.0346. The van der Waals surface area contributed by atoms with Crippen molar-refractivity contribution in [2.24, 2.45) is 50.2 Å². The molecular weight excluding hydrogens is 484 g/mol. The Hall–Kier alpha value is -1.96. The normalized spacial score (nSPS) is 43.6. The van der Waals surface area contributed by atoms with Gasteiger partial charge in [0.2, 0.25) is 5.91 Å². The van der Waals surface area contributed by atoms with E-state index in [2.05, 4.69) is 47.6 Å². The molecule has 5 heteroatoms. The lowest BCUT2D eigenvalue weighted by atomic mass is 9.35. The lowest BCUT2D eigenvalue weighted by Gasteiger charge is -2.68. The lowest BCUT2D eigenvalue weighted by molar-refractivity contribution is -0.192. The Bertz CT molecular complexity index is 1140. The monoisotopic (exact) mass is 536 g/mol. The molecule has 216 valence electrons. The van der Waals surface area contributed by atoms with E-state index < -0.39 is 16.2 Å². The predicted molar refractivity (Wildman–Crippen MR) is 154 cm³/mol. The molecule has 1 unspecified atom stereocenters. The summed E-state index contributed by atoms with van der Waals surface area (Å²) in [5.74, 6) is 0.599. The van der Waals surface area contributed by atoms with Gasteiger partial charge in [0.1, 0.15) is 11.9 Å². The summed E-state index contributed by atoms with van der Waals surface area (Å²) in [5.41, 5.74) is -1.59. The first-order valence-corrected chi connectivity index (χ1v) is 15.2. The van der Waals surface area contributed by atoms with Crippen LogP contribution < -0.4 is 0 Å². The van der Waals surface area contributed by atoms with E-state index in [0.717, 1.165) is 51.4 Å². The van der Waals surface area contributed by atoms with Crippen LogP contribution in [0.4, 0.5) is 0 Å². The molecule has 0 aromatic carbocycles. The number of amides is 1. The van der Waals surface area contributed by atoms with Gasteiger partial charge in [-0.15, -0.1) is 0 Å². The fourth-order valence-electron chi connectivity index (χ4n) is 10.0. The van der Waals surface area contributed by atoms with Gasteiger partial charge in [0, 0.05) is 37.3 Å². The van der Waals surface area contributed by atoms with Gasteiger partial charge < -0.3 is 4.90 Å². The number of allylic oxidation sites excluding steroid dienone is 2. The van der Waals surface area contributed by atoms with E-state index in [0.29, 0.717) is 12.2 Å². The molecule has 1 amide bonds. The summed E-state index contributed by atoms with van der Waals surface area (Å²) in [6.45, 7) is 17.7. The number of rotatable bonds is 1. The van der Waals surface area contributed by atoms with E-state index in [4.69, 9.17) is 0 Å². The van der Waals surface area contributed by atoms with Gasteiger partial charge in [-0.3, -0.25) is 14.4 Å². The van der Waals surface area contributed by atoms with Crippen molar-refractivity contribution in [2.75, 3.05) is 14.1 Å². The third-order valence-electron chi connectivity index (χ3n) is 12.9. The SMILES string of the molecule is CN(C)C(=O)[C@@]1(C)CCC(C)(C)CCC2C(=O)C[C@@H]3[C@@]4(C)C=C(C#N)C(=O)C(C)(C)[C@@H]4CC[C@@]3(C)[C@]2(C)CC1. The molecule has 0 bridgehead atoms. The van der Waals surface area contributed by atoms with E-state index in [1.165, 1.54) is 0 Å². The zero-order chi connectivity index (χ0) is 29.4. The Kier molecular flexibility index (Phi) is 7.14. The molecule has 0 radical (unpaired) electrons. The molecule has 4 aliphatic carbocycles. The van der Waals surface area contributed by atoms with Crippen LogP contribution in [0.25, 0.3) is 0 Å². The molecule has 4 aliphatic rings. The first-order chi connectivity index (χ1) is 17.8. The van der Waals surface area contributed by atoms with Crippen molar-refractivity contribution in [3.8, 4) is 6.07 Å². The molecule has 4 rings (SSSR count). The van der Waals surface area contributed by atoms with Gasteiger partial charge in [-0.2, -0.15) is 5.26 Å². The van der Waals surface area contributed by atoms with Gasteiger partial charge in [-0.1, -0.05) is 61.5 Å². The summed E-state index contributed by atoms with van der Waals surface area (Å²) in [6, 6.07) is 2.21. The number of Topliss-reactive ketones (excluding diaryl/α,β-unsaturated/α-hetero) is 2. The fraction of sp³-hybridized carbons (Fsp3) is 0.824. The smallest absolute Gasteiger partial charge is 0.227 e. The van der Waals surface area contributed by atoms with E-state index in [-0.39, 0.29) is 51.3 Å². The number of fused-ring (bicyclic) bond motifs is 5. The summed E-state index contributed by atoms with van der Waals surface area (Å²) >= 11 is 0. The maximum absolute atomic E-state index is 14.3. The topological polar surface area (TPSA) is 78.2 Å². The Morgan fingerprint density at radius 1 is 0.846 bits per heavy atom. The Labute approximate surface area is 237 Å². The highest BCUT2D eigenvalue weighted by atomic mass is 16.2. The van der Waals surface area contributed by atoms with Crippen molar-refractivity contribution in [1.29, 1.82) is 5.26 Å². The Morgan fingerprint density at radius 3 is 2.05 bits per heavy atom. The van der Waals surface area contributed by atoms with Crippen LogP contribution in [-0.4, -0.2) is 36.5 Å². The van der Waals surface area contributed by atoms with Gasteiger partial charge in [0.25, 0.3) is 0 Å². The average Bonchev–Trinajstić information content (AvgIpc) is 2.84. The third kappa shape index (κ3) is 4.34. The van der Waals surface area contributed by atoms with Crippen LogP contribution in [0.3, 0.4) is 0 Å². The average molecular weight is 537 g/mol. The fourth-order valence-corrected chi connectivity index (χ4v) is 10.0. The van der Waals surface area contributed by atoms with Gasteiger partial charge in [0.05, 0.1) is 5.57 Å². The summed E-state index contributed by atoms with van der Waals surface area (Å²) in [7, 11) is 3.72. The van der Waals surface area contributed by atoms with Gasteiger partial charge in [-0.05, 0) is 84.9 Å². The number of nitrogens with zero attached hydrogens (tertiary/aromatic N) is 2. The number of nitriles is 1. The second-order valence-corrected chi connectivity index (χ2v) is 16.3. The molecule has 0 aromatic rings. The molecule has 0 saturated heterocycles.